The standard InChI is InChI=1S/C37H71NO3S/c1-4-7-10-13-16-19-22-25-28-33-38(36-31-32-37-42(39,40)41,34-29-26-23-20-17-14-11-8-5-2)35-30-27-24-21-18-15-12-9-6-3/h28-30,33-35H,4-27,31-32,36-37H2,1-3H3/p+1/b33-28+,34-29+,35-30+. The molecule has 0 radical (unpaired) electrons. The molecule has 0 fully saturated rings. The van der Waals surface area contributed by atoms with Crippen LogP contribution in [0.1, 0.15) is 188 Å². The summed E-state index contributed by atoms with van der Waals surface area (Å²) in [6, 6.07) is 0. The van der Waals surface area contributed by atoms with E-state index in [9.17, 15) is 13.0 Å². The highest BCUT2D eigenvalue weighted by molar-refractivity contribution is 7.85. The van der Waals surface area contributed by atoms with E-state index in [1.165, 1.54) is 135 Å². The minimum absolute atomic E-state index is 0.155. The van der Waals surface area contributed by atoms with E-state index in [1.807, 2.05) is 0 Å². The van der Waals surface area contributed by atoms with Crippen LogP contribution >= 0.6 is 0 Å². The van der Waals surface area contributed by atoms with Crippen molar-refractivity contribution in [1.82, 2.24) is 0 Å². The minimum atomic E-state index is -3.91. The summed E-state index contributed by atoms with van der Waals surface area (Å²) in [5.74, 6) is -0.155. The molecule has 0 unspecified atom stereocenters. The molecule has 0 amide bonds. The summed E-state index contributed by atoms with van der Waals surface area (Å²) < 4.78 is 32.6. The molecule has 0 aromatic heterocycles. The Balaban J connectivity index is 5.21. The Labute approximate surface area is 263 Å². The zero-order valence-corrected chi connectivity index (χ0v) is 29.2. The fourth-order valence-corrected chi connectivity index (χ4v) is 6.08. The molecule has 5 heteroatoms. The van der Waals surface area contributed by atoms with Crippen molar-refractivity contribution in [2.75, 3.05) is 12.3 Å². The Morgan fingerprint density at radius 2 is 0.762 bits per heavy atom. The van der Waals surface area contributed by atoms with Gasteiger partial charge in [0.15, 0.2) is 0 Å². The molecule has 248 valence electrons. The van der Waals surface area contributed by atoms with Crippen LogP contribution in [-0.2, 0) is 10.1 Å². The van der Waals surface area contributed by atoms with Gasteiger partial charge in [0.25, 0.3) is 10.1 Å². The maximum absolute atomic E-state index is 11.3. The van der Waals surface area contributed by atoms with Gasteiger partial charge in [-0.05, 0) is 69.6 Å². The summed E-state index contributed by atoms with van der Waals surface area (Å²) in [5.41, 5.74) is 0. The SMILES string of the molecule is CCCCCCCCC/C=C/[N+](/C=C/CCCCCCCCC)(/C=C/CCCCCCCCC)CCCCS(=O)(=O)O. The Morgan fingerprint density at radius 1 is 0.452 bits per heavy atom. The van der Waals surface area contributed by atoms with E-state index in [0.717, 1.165) is 32.2 Å². The van der Waals surface area contributed by atoms with E-state index in [0.29, 0.717) is 10.9 Å². The third-order valence-corrected chi connectivity index (χ3v) is 9.07. The maximum Gasteiger partial charge on any atom is 0.264 e. The normalized spacial score (nSPS) is 13.0. The summed E-state index contributed by atoms with van der Waals surface area (Å²) in [4.78, 5) is 0. The summed E-state index contributed by atoms with van der Waals surface area (Å²) in [6.45, 7) is 7.63. The minimum Gasteiger partial charge on any atom is -0.286 e. The van der Waals surface area contributed by atoms with Crippen LogP contribution in [0.2, 0.25) is 0 Å². The second-order valence-corrected chi connectivity index (χ2v) is 14.2. The lowest BCUT2D eigenvalue weighted by Gasteiger charge is -2.27. The average Bonchev–Trinajstić information content (AvgIpc) is 2.96. The van der Waals surface area contributed by atoms with Gasteiger partial charge in [-0.1, -0.05) is 136 Å². The average molecular weight is 611 g/mol. The Hall–Kier alpha value is -0.910. The van der Waals surface area contributed by atoms with Crippen molar-refractivity contribution in [2.24, 2.45) is 0 Å². The van der Waals surface area contributed by atoms with Crippen LogP contribution in [-0.4, -0.2) is 29.8 Å². The van der Waals surface area contributed by atoms with Gasteiger partial charge in [0.1, 0.15) is 18.6 Å². The predicted molar refractivity (Wildman–Crippen MR) is 186 cm³/mol. The molecule has 1 N–H and O–H groups in total. The van der Waals surface area contributed by atoms with Gasteiger partial charge in [0.05, 0.1) is 12.3 Å². The van der Waals surface area contributed by atoms with Gasteiger partial charge in [-0.15, -0.1) is 0 Å². The number of nitrogens with zero attached hydrogens (tertiary/aromatic N) is 1. The summed E-state index contributed by atoms with van der Waals surface area (Å²) in [6.07, 6.45) is 46.3. The van der Waals surface area contributed by atoms with Crippen LogP contribution in [0.3, 0.4) is 0 Å². The first-order valence-corrected chi connectivity index (χ1v) is 19.9. The second kappa shape index (κ2) is 30.1. The smallest absolute Gasteiger partial charge is 0.264 e. The highest BCUT2D eigenvalue weighted by Gasteiger charge is 2.19. The molecule has 0 spiro atoms. The molecule has 0 heterocycles. The zero-order chi connectivity index (χ0) is 31.0. The van der Waals surface area contributed by atoms with Gasteiger partial charge < -0.3 is 0 Å². The summed E-state index contributed by atoms with van der Waals surface area (Å²) in [5, 5.41) is 0. The van der Waals surface area contributed by atoms with Crippen LogP contribution in [0, 0.1) is 0 Å². The molecule has 0 aliphatic rings. The van der Waals surface area contributed by atoms with Gasteiger partial charge in [0.2, 0.25) is 0 Å². The van der Waals surface area contributed by atoms with E-state index < -0.39 is 10.1 Å². The number of rotatable bonds is 32. The van der Waals surface area contributed by atoms with Crippen molar-refractivity contribution in [3.05, 3.63) is 36.8 Å². The van der Waals surface area contributed by atoms with Gasteiger partial charge >= 0.3 is 0 Å². The quantitative estimate of drug-likeness (QED) is 0.0468. The van der Waals surface area contributed by atoms with Crippen molar-refractivity contribution >= 4 is 10.1 Å². The van der Waals surface area contributed by atoms with Crippen molar-refractivity contribution in [3.8, 4) is 0 Å². The van der Waals surface area contributed by atoms with Crippen molar-refractivity contribution < 1.29 is 17.5 Å². The summed E-state index contributed by atoms with van der Waals surface area (Å²) in [7, 11) is -3.91. The first-order valence-electron chi connectivity index (χ1n) is 18.2. The lowest BCUT2D eigenvalue weighted by atomic mass is 10.1. The Morgan fingerprint density at radius 3 is 1.07 bits per heavy atom. The number of allylic oxidation sites excluding steroid dienone is 3. The molecule has 0 rings (SSSR count). The van der Waals surface area contributed by atoms with Crippen LogP contribution < -0.4 is 0 Å². The number of quaternary nitrogens is 1. The highest BCUT2D eigenvalue weighted by Crippen LogP contribution is 2.19. The molecule has 0 saturated heterocycles. The van der Waals surface area contributed by atoms with Crippen LogP contribution in [0.25, 0.3) is 0 Å². The molecule has 0 aromatic rings. The molecule has 4 nitrogen and oxygen atoms in total. The number of hydrogen-bond donors (Lipinski definition) is 1. The molecule has 0 aliphatic heterocycles. The van der Waals surface area contributed by atoms with Gasteiger partial charge in [-0.25, -0.2) is 4.48 Å². The lowest BCUT2D eigenvalue weighted by Crippen LogP contribution is -2.32. The first kappa shape index (κ1) is 41.1. The third kappa shape index (κ3) is 29.2. The molecule has 0 aliphatic carbocycles. The van der Waals surface area contributed by atoms with Crippen molar-refractivity contribution in [3.63, 3.8) is 0 Å². The monoisotopic (exact) mass is 611 g/mol. The fraction of sp³-hybridized carbons (Fsp3) is 0.838. The van der Waals surface area contributed by atoms with E-state index in [4.69, 9.17) is 0 Å². The van der Waals surface area contributed by atoms with Crippen LogP contribution in [0.5, 0.6) is 0 Å². The lowest BCUT2D eigenvalue weighted by molar-refractivity contribution is -0.774. The fourth-order valence-electron chi connectivity index (χ4n) is 5.51. The molecule has 0 bridgehead atoms. The van der Waals surface area contributed by atoms with Crippen LogP contribution in [0.4, 0.5) is 0 Å². The molecule has 0 atom stereocenters. The topological polar surface area (TPSA) is 54.4 Å². The molecule has 0 aromatic carbocycles. The van der Waals surface area contributed by atoms with Crippen LogP contribution in [0.15, 0.2) is 36.8 Å². The van der Waals surface area contributed by atoms with Gasteiger partial charge in [-0.3, -0.25) is 4.55 Å². The number of unbranched alkanes of at least 4 members (excludes halogenated alkanes) is 22. The van der Waals surface area contributed by atoms with E-state index in [1.54, 1.807) is 0 Å². The van der Waals surface area contributed by atoms with Gasteiger partial charge in [-0.2, -0.15) is 8.42 Å². The second-order valence-electron chi connectivity index (χ2n) is 12.6. The largest absolute Gasteiger partial charge is 0.286 e. The zero-order valence-electron chi connectivity index (χ0n) is 28.4. The Bertz CT molecular complexity index is 688. The predicted octanol–water partition coefficient (Wildman–Crippen LogP) is 12.4. The molecule has 42 heavy (non-hydrogen) atoms. The van der Waals surface area contributed by atoms with Gasteiger partial charge in [0, 0.05) is 0 Å². The molecule has 0 saturated carbocycles. The Kier molecular flexibility index (Phi) is 29.5. The maximum atomic E-state index is 11.3. The van der Waals surface area contributed by atoms with E-state index in [2.05, 4.69) is 57.6 Å². The van der Waals surface area contributed by atoms with E-state index in [-0.39, 0.29) is 5.75 Å². The molecular weight excluding hydrogens is 538 g/mol. The highest BCUT2D eigenvalue weighted by atomic mass is 32.2. The first-order chi connectivity index (χ1) is 20.4. The molecular formula is C37H72NO3S+. The number of hydrogen-bond acceptors (Lipinski definition) is 2. The van der Waals surface area contributed by atoms with Crippen molar-refractivity contribution in [2.45, 2.75) is 188 Å². The van der Waals surface area contributed by atoms with Crippen molar-refractivity contribution in [1.29, 1.82) is 0 Å². The van der Waals surface area contributed by atoms with E-state index >= 15 is 0 Å². The summed E-state index contributed by atoms with van der Waals surface area (Å²) >= 11 is 0. The third-order valence-electron chi connectivity index (χ3n) is 8.27.